The zero-order chi connectivity index (χ0) is 27.6. The largest absolute Gasteiger partial charge is 0.346 e. The van der Waals surface area contributed by atoms with Gasteiger partial charge in [0.25, 0.3) is 0 Å². The molecule has 2 N–H and O–H groups in total. The van der Waals surface area contributed by atoms with Gasteiger partial charge in [-0.3, -0.25) is 0 Å². The van der Waals surface area contributed by atoms with Crippen molar-refractivity contribution in [2.24, 2.45) is 0 Å². The summed E-state index contributed by atoms with van der Waals surface area (Å²) in [4.78, 5) is 15.1. The first-order chi connectivity index (χ1) is 17.1. The van der Waals surface area contributed by atoms with Gasteiger partial charge in [-0.1, -0.05) is 38.3 Å². The zero-order valence-corrected chi connectivity index (χ0v) is 26.2. The second-order valence-electron chi connectivity index (χ2n) is 14.1. The fourth-order valence-corrected chi connectivity index (χ4v) is 7.76. The molecule has 0 aromatic carbocycles. The molecule has 6 nitrogen and oxygen atoms in total. The summed E-state index contributed by atoms with van der Waals surface area (Å²) in [6.07, 6.45) is 9.14. The third-order valence-electron chi connectivity index (χ3n) is 8.43. The van der Waals surface area contributed by atoms with Crippen LogP contribution in [0.15, 0.2) is 6.07 Å². The highest BCUT2D eigenvalue weighted by Crippen LogP contribution is 2.45. The van der Waals surface area contributed by atoms with Gasteiger partial charge < -0.3 is 20.4 Å². The first kappa shape index (κ1) is 30.4. The number of unbranched alkanes of at least 4 members (excludes halogenated alkanes) is 2. The Bertz CT molecular complexity index is 792. The lowest BCUT2D eigenvalue weighted by Crippen LogP contribution is -2.65. The van der Waals surface area contributed by atoms with Crippen molar-refractivity contribution < 1.29 is 0 Å². The van der Waals surface area contributed by atoms with Crippen LogP contribution in [0.2, 0.25) is 5.15 Å². The average Bonchev–Trinajstić information content (AvgIpc) is 2.70. The quantitative estimate of drug-likeness (QED) is 0.250. The molecule has 2 fully saturated rings. The van der Waals surface area contributed by atoms with Gasteiger partial charge in [0.15, 0.2) is 0 Å². The molecule has 0 bridgehead atoms. The number of hydrogen-bond donors (Lipinski definition) is 2. The van der Waals surface area contributed by atoms with E-state index in [1.165, 1.54) is 25.7 Å². The molecular formula is C30H55ClN6. The SMILES string of the molecule is CCCCNC1CC(C)(C)N(c2cc(Cl)nc(N3C(C)(C)CC(NCCCC)CC3(C)C)n2)C(C)(C)C1. The van der Waals surface area contributed by atoms with Crippen LogP contribution in [0.25, 0.3) is 0 Å². The van der Waals surface area contributed by atoms with E-state index in [0.29, 0.717) is 17.2 Å². The van der Waals surface area contributed by atoms with Crippen molar-refractivity contribution in [2.75, 3.05) is 22.9 Å². The zero-order valence-electron chi connectivity index (χ0n) is 25.5. The van der Waals surface area contributed by atoms with E-state index in [2.05, 4.69) is 89.7 Å². The maximum Gasteiger partial charge on any atom is 0.229 e. The molecule has 0 spiro atoms. The standard InChI is InChI=1S/C30H55ClN6/c1-11-13-15-32-22-18-27(3,4)36(28(5,6)19-22)25-17-24(31)34-26(35-25)37-29(7,8)20-23(21-30(37,9)10)33-16-14-12-2/h17,22-23,32-33H,11-16,18-21H2,1-10H3. The van der Waals surface area contributed by atoms with Crippen LogP contribution in [-0.4, -0.2) is 57.3 Å². The summed E-state index contributed by atoms with van der Waals surface area (Å²) in [5, 5.41) is 8.16. The fourth-order valence-electron chi connectivity index (χ4n) is 7.58. The molecule has 1 aromatic heterocycles. The van der Waals surface area contributed by atoms with Crippen molar-refractivity contribution in [3.05, 3.63) is 11.2 Å². The molecule has 0 aliphatic carbocycles. The van der Waals surface area contributed by atoms with Gasteiger partial charge in [0, 0.05) is 40.3 Å². The van der Waals surface area contributed by atoms with E-state index in [9.17, 15) is 0 Å². The van der Waals surface area contributed by atoms with Crippen molar-refractivity contribution in [3.8, 4) is 0 Å². The van der Waals surface area contributed by atoms with Gasteiger partial charge in [0.2, 0.25) is 5.95 Å². The molecule has 37 heavy (non-hydrogen) atoms. The number of anilines is 2. The molecule has 0 atom stereocenters. The van der Waals surface area contributed by atoms with E-state index >= 15 is 0 Å². The molecule has 3 heterocycles. The van der Waals surface area contributed by atoms with E-state index < -0.39 is 0 Å². The maximum absolute atomic E-state index is 6.76. The summed E-state index contributed by atoms with van der Waals surface area (Å²) in [5.41, 5.74) is -0.340. The second-order valence-corrected chi connectivity index (χ2v) is 14.5. The van der Waals surface area contributed by atoms with Crippen LogP contribution in [0.3, 0.4) is 0 Å². The molecule has 212 valence electrons. The summed E-state index contributed by atoms with van der Waals surface area (Å²) >= 11 is 6.76. The predicted molar refractivity (Wildman–Crippen MR) is 160 cm³/mol. The van der Waals surface area contributed by atoms with Gasteiger partial charge >= 0.3 is 0 Å². The number of nitrogens with one attached hydrogen (secondary N) is 2. The lowest BCUT2D eigenvalue weighted by Gasteiger charge is -2.57. The summed E-state index contributed by atoms with van der Waals surface area (Å²) in [6.45, 7) is 25.4. The molecule has 2 saturated heterocycles. The smallest absolute Gasteiger partial charge is 0.229 e. The minimum Gasteiger partial charge on any atom is -0.346 e. The van der Waals surface area contributed by atoms with Gasteiger partial charge in [0.05, 0.1) is 0 Å². The number of hydrogen-bond acceptors (Lipinski definition) is 6. The summed E-state index contributed by atoms with van der Waals surface area (Å²) in [6, 6.07) is 2.96. The molecule has 0 amide bonds. The number of halogens is 1. The minimum absolute atomic E-state index is 0.0676. The van der Waals surface area contributed by atoms with Crippen molar-refractivity contribution in [1.29, 1.82) is 0 Å². The van der Waals surface area contributed by atoms with E-state index in [1.54, 1.807) is 0 Å². The fraction of sp³-hybridized carbons (Fsp3) is 0.867. The normalized spacial score (nSPS) is 23.4. The Kier molecular flexibility index (Phi) is 9.50. The molecule has 1 aromatic rings. The monoisotopic (exact) mass is 534 g/mol. The Morgan fingerprint density at radius 2 is 1.14 bits per heavy atom. The third kappa shape index (κ3) is 7.10. The highest BCUT2D eigenvalue weighted by atomic mass is 35.5. The average molecular weight is 535 g/mol. The van der Waals surface area contributed by atoms with Crippen molar-refractivity contribution >= 4 is 23.4 Å². The van der Waals surface area contributed by atoms with Crippen LogP contribution in [0.5, 0.6) is 0 Å². The third-order valence-corrected chi connectivity index (χ3v) is 8.62. The highest BCUT2D eigenvalue weighted by Gasteiger charge is 2.49. The minimum atomic E-state index is -0.102. The lowest BCUT2D eigenvalue weighted by molar-refractivity contribution is 0.191. The highest BCUT2D eigenvalue weighted by molar-refractivity contribution is 6.29. The molecule has 2 aliphatic rings. The summed E-state index contributed by atoms with van der Waals surface area (Å²) in [5.74, 6) is 1.69. The lowest BCUT2D eigenvalue weighted by atomic mass is 9.76. The van der Waals surface area contributed by atoms with E-state index in [4.69, 9.17) is 21.6 Å². The summed E-state index contributed by atoms with van der Waals surface area (Å²) < 4.78 is 0. The van der Waals surface area contributed by atoms with Crippen LogP contribution in [0.4, 0.5) is 11.8 Å². The van der Waals surface area contributed by atoms with Crippen molar-refractivity contribution in [3.63, 3.8) is 0 Å². The Labute approximate surface area is 232 Å². The van der Waals surface area contributed by atoms with Crippen LogP contribution >= 0.6 is 11.6 Å². The number of aromatic nitrogens is 2. The molecule has 0 unspecified atom stereocenters. The second kappa shape index (κ2) is 11.6. The molecule has 7 heteroatoms. The molecule has 3 rings (SSSR count). The van der Waals surface area contributed by atoms with Crippen molar-refractivity contribution in [1.82, 2.24) is 20.6 Å². The van der Waals surface area contributed by atoms with Gasteiger partial charge in [-0.25, -0.2) is 4.98 Å². The Morgan fingerprint density at radius 3 is 1.54 bits per heavy atom. The van der Waals surface area contributed by atoms with Crippen LogP contribution < -0.4 is 20.4 Å². The topological polar surface area (TPSA) is 56.3 Å². The van der Waals surface area contributed by atoms with Gasteiger partial charge in [-0.05, 0) is 107 Å². The molecule has 0 radical (unpaired) electrons. The van der Waals surface area contributed by atoms with Crippen molar-refractivity contribution in [2.45, 2.75) is 155 Å². The van der Waals surface area contributed by atoms with E-state index in [1.807, 2.05) is 6.07 Å². The Balaban J connectivity index is 1.92. The first-order valence-corrected chi connectivity index (χ1v) is 15.1. The van der Waals surface area contributed by atoms with Gasteiger partial charge in [-0.15, -0.1) is 0 Å². The Hall–Kier alpha value is -1.11. The number of piperidine rings is 2. The molecule has 2 aliphatic heterocycles. The van der Waals surface area contributed by atoms with E-state index in [-0.39, 0.29) is 22.2 Å². The first-order valence-electron chi connectivity index (χ1n) is 14.7. The Morgan fingerprint density at radius 1 is 0.730 bits per heavy atom. The summed E-state index contributed by atoms with van der Waals surface area (Å²) in [7, 11) is 0. The number of rotatable bonds is 10. The van der Waals surface area contributed by atoms with Gasteiger partial charge in [0.1, 0.15) is 11.0 Å². The van der Waals surface area contributed by atoms with Crippen LogP contribution in [0.1, 0.15) is 121 Å². The van der Waals surface area contributed by atoms with Crippen LogP contribution in [0, 0.1) is 0 Å². The molecular weight excluding hydrogens is 480 g/mol. The van der Waals surface area contributed by atoms with E-state index in [0.717, 1.165) is 50.5 Å². The maximum atomic E-state index is 6.76. The van der Waals surface area contributed by atoms with Gasteiger partial charge in [-0.2, -0.15) is 4.98 Å². The number of nitrogens with zero attached hydrogens (tertiary/aromatic N) is 4. The molecule has 0 saturated carbocycles. The van der Waals surface area contributed by atoms with Crippen LogP contribution in [-0.2, 0) is 0 Å². The predicted octanol–water partition coefficient (Wildman–Crippen LogP) is 6.96.